The number of benzene rings is 2. The lowest BCUT2D eigenvalue weighted by atomic mass is 10.2. The van der Waals surface area contributed by atoms with E-state index >= 15 is 0 Å². The molecule has 94 valence electrons. The van der Waals surface area contributed by atoms with Crippen molar-refractivity contribution in [1.82, 2.24) is 0 Å². The highest BCUT2D eigenvalue weighted by atomic mass is 127. The summed E-state index contributed by atoms with van der Waals surface area (Å²) in [6.45, 7) is 0. The van der Waals surface area contributed by atoms with Gasteiger partial charge in [-0.3, -0.25) is 4.72 Å². The lowest BCUT2D eigenvalue weighted by Gasteiger charge is -2.08. The highest BCUT2D eigenvalue weighted by Gasteiger charge is 2.11. The summed E-state index contributed by atoms with van der Waals surface area (Å²) in [6, 6.07) is 16.4. The van der Waals surface area contributed by atoms with Gasteiger partial charge in [0.05, 0.1) is 5.75 Å². The number of sulfonamides is 1. The van der Waals surface area contributed by atoms with Crippen molar-refractivity contribution >= 4 is 38.3 Å². The maximum Gasteiger partial charge on any atom is 0.236 e. The van der Waals surface area contributed by atoms with E-state index in [1.807, 2.05) is 30.3 Å². The van der Waals surface area contributed by atoms with E-state index in [2.05, 4.69) is 27.3 Å². The second-order valence-corrected chi connectivity index (χ2v) is 6.82. The van der Waals surface area contributed by atoms with Crippen molar-refractivity contribution in [1.29, 1.82) is 0 Å². The Morgan fingerprint density at radius 1 is 0.944 bits per heavy atom. The van der Waals surface area contributed by atoms with Gasteiger partial charge in [-0.25, -0.2) is 8.42 Å². The van der Waals surface area contributed by atoms with Gasteiger partial charge in [-0.1, -0.05) is 30.3 Å². The molecule has 0 saturated carbocycles. The van der Waals surface area contributed by atoms with Crippen LogP contribution in [0.2, 0.25) is 0 Å². The van der Waals surface area contributed by atoms with Gasteiger partial charge in [0.1, 0.15) is 0 Å². The predicted molar refractivity (Wildman–Crippen MR) is 81.8 cm³/mol. The molecule has 0 spiro atoms. The summed E-state index contributed by atoms with van der Waals surface area (Å²) in [5.41, 5.74) is 1.36. The van der Waals surface area contributed by atoms with Crippen LogP contribution in [0.4, 0.5) is 5.69 Å². The first-order valence-electron chi connectivity index (χ1n) is 5.35. The molecule has 18 heavy (non-hydrogen) atoms. The number of rotatable bonds is 4. The number of hydrogen-bond acceptors (Lipinski definition) is 2. The smallest absolute Gasteiger partial charge is 0.236 e. The van der Waals surface area contributed by atoms with E-state index in [1.54, 1.807) is 24.3 Å². The van der Waals surface area contributed by atoms with E-state index < -0.39 is 10.0 Å². The monoisotopic (exact) mass is 373 g/mol. The van der Waals surface area contributed by atoms with Crippen molar-refractivity contribution in [3.05, 3.63) is 63.7 Å². The number of nitrogens with one attached hydrogen (secondary N) is 1. The third-order valence-electron chi connectivity index (χ3n) is 2.32. The van der Waals surface area contributed by atoms with E-state index in [0.29, 0.717) is 5.69 Å². The standard InChI is InChI=1S/C13H12INO2S/c14-12-6-8-13(9-7-12)15-18(16,17)10-11-4-2-1-3-5-11/h1-9,15H,10H2. The van der Waals surface area contributed by atoms with Crippen molar-refractivity contribution < 1.29 is 8.42 Å². The number of anilines is 1. The number of halogens is 1. The normalized spacial score (nSPS) is 11.2. The van der Waals surface area contributed by atoms with Gasteiger partial charge < -0.3 is 0 Å². The summed E-state index contributed by atoms with van der Waals surface area (Å²) in [4.78, 5) is 0. The van der Waals surface area contributed by atoms with Gasteiger partial charge in [0.15, 0.2) is 0 Å². The van der Waals surface area contributed by atoms with Crippen LogP contribution < -0.4 is 4.72 Å². The van der Waals surface area contributed by atoms with Crippen LogP contribution in [0.5, 0.6) is 0 Å². The summed E-state index contributed by atoms with van der Waals surface area (Å²) in [5, 5.41) is 0. The number of hydrogen-bond donors (Lipinski definition) is 1. The van der Waals surface area contributed by atoms with Crippen LogP contribution >= 0.6 is 22.6 Å². The molecular weight excluding hydrogens is 361 g/mol. The van der Waals surface area contributed by atoms with Gasteiger partial charge in [0.25, 0.3) is 0 Å². The molecule has 0 amide bonds. The molecule has 0 atom stereocenters. The first-order chi connectivity index (χ1) is 8.55. The summed E-state index contributed by atoms with van der Waals surface area (Å²) in [6.07, 6.45) is 0. The molecular formula is C13H12INO2S. The first-order valence-corrected chi connectivity index (χ1v) is 8.08. The maximum atomic E-state index is 11.9. The Labute approximate surface area is 120 Å². The quantitative estimate of drug-likeness (QED) is 0.837. The lowest BCUT2D eigenvalue weighted by molar-refractivity contribution is 0.600. The third kappa shape index (κ3) is 3.99. The van der Waals surface area contributed by atoms with Crippen LogP contribution in [0.3, 0.4) is 0 Å². The van der Waals surface area contributed by atoms with Gasteiger partial charge in [-0.15, -0.1) is 0 Å². The molecule has 0 aromatic heterocycles. The molecule has 2 rings (SSSR count). The molecule has 2 aromatic carbocycles. The Balaban J connectivity index is 2.10. The minimum atomic E-state index is -3.35. The zero-order valence-electron chi connectivity index (χ0n) is 9.51. The summed E-state index contributed by atoms with van der Waals surface area (Å²) in [5.74, 6) is -0.0141. The van der Waals surface area contributed by atoms with Crippen LogP contribution in [0, 0.1) is 3.57 Å². The SMILES string of the molecule is O=S(=O)(Cc1ccccc1)Nc1ccc(I)cc1. The molecule has 0 saturated heterocycles. The second kappa shape index (κ2) is 5.71. The molecule has 0 heterocycles. The molecule has 0 fully saturated rings. The average Bonchev–Trinajstić information content (AvgIpc) is 2.32. The van der Waals surface area contributed by atoms with E-state index in [-0.39, 0.29) is 5.75 Å². The largest absolute Gasteiger partial charge is 0.283 e. The van der Waals surface area contributed by atoms with Crippen molar-refractivity contribution in [3.8, 4) is 0 Å². The zero-order valence-corrected chi connectivity index (χ0v) is 12.5. The molecule has 0 unspecified atom stereocenters. The molecule has 0 aliphatic rings. The molecule has 0 radical (unpaired) electrons. The highest BCUT2D eigenvalue weighted by Crippen LogP contribution is 2.14. The van der Waals surface area contributed by atoms with E-state index in [9.17, 15) is 8.42 Å². The van der Waals surface area contributed by atoms with E-state index in [1.165, 1.54) is 0 Å². The highest BCUT2D eigenvalue weighted by molar-refractivity contribution is 14.1. The molecule has 5 heteroatoms. The molecule has 3 nitrogen and oxygen atoms in total. The van der Waals surface area contributed by atoms with Crippen molar-refractivity contribution in [2.45, 2.75) is 5.75 Å². The van der Waals surface area contributed by atoms with Crippen LogP contribution in [-0.4, -0.2) is 8.42 Å². The second-order valence-electron chi connectivity index (χ2n) is 3.85. The fraction of sp³-hybridized carbons (Fsp3) is 0.0769. The molecule has 0 aliphatic heterocycles. The van der Waals surface area contributed by atoms with Gasteiger partial charge in [-0.2, -0.15) is 0 Å². The zero-order chi connectivity index (χ0) is 13.0. The van der Waals surface area contributed by atoms with Crippen molar-refractivity contribution in [3.63, 3.8) is 0 Å². The van der Waals surface area contributed by atoms with Crippen LogP contribution in [0.1, 0.15) is 5.56 Å². The minimum Gasteiger partial charge on any atom is -0.283 e. The third-order valence-corrected chi connectivity index (χ3v) is 4.30. The Kier molecular flexibility index (Phi) is 4.23. The molecule has 0 bridgehead atoms. The maximum absolute atomic E-state index is 11.9. The Morgan fingerprint density at radius 3 is 2.17 bits per heavy atom. The predicted octanol–water partition coefficient (Wildman–Crippen LogP) is 3.23. The Hall–Kier alpha value is -1.08. The van der Waals surface area contributed by atoms with Crippen molar-refractivity contribution in [2.75, 3.05) is 4.72 Å². The van der Waals surface area contributed by atoms with Gasteiger partial charge in [0.2, 0.25) is 10.0 Å². The molecule has 1 N–H and O–H groups in total. The van der Waals surface area contributed by atoms with Crippen LogP contribution in [0.15, 0.2) is 54.6 Å². The summed E-state index contributed by atoms with van der Waals surface area (Å²) >= 11 is 2.18. The molecule has 0 aliphatic carbocycles. The minimum absolute atomic E-state index is 0.0141. The van der Waals surface area contributed by atoms with Crippen LogP contribution in [0.25, 0.3) is 0 Å². The van der Waals surface area contributed by atoms with Gasteiger partial charge in [-0.05, 0) is 52.4 Å². The fourth-order valence-corrected chi connectivity index (χ4v) is 3.09. The average molecular weight is 373 g/mol. The van der Waals surface area contributed by atoms with Crippen molar-refractivity contribution in [2.24, 2.45) is 0 Å². The fourth-order valence-electron chi connectivity index (χ4n) is 1.53. The van der Waals surface area contributed by atoms with Gasteiger partial charge >= 0.3 is 0 Å². The first kappa shape index (κ1) is 13.4. The summed E-state index contributed by atoms with van der Waals surface area (Å²) in [7, 11) is -3.35. The molecule has 2 aromatic rings. The van der Waals surface area contributed by atoms with E-state index in [0.717, 1.165) is 9.13 Å². The van der Waals surface area contributed by atoms with Gasteiger partial charge in [0, 0.05) is 9.26 Å². The lowest BCUT2D eigenvalue weighted by Crippen LogP contribution is -2.14. The van der Waals surface area contributed by atoms with Crippen LogP contribution in [-0.2, 0) is 15.8 Å². The topological polar surface area (TPSA) is 46.2 Å². The Bertz CT molecular complexity index is 609. The Morgan fingerprint density at radius 2 is 1.56 bits per heavy atom. The van der Waals surface area contributed by atoms with E-state index in [4.69, 9.17) is 0 Å². The summed E-state index contributed by atoms with van der Waals surface area (Å²) < 4.78 is 27.5.